The highest BCUT2D eigenvalue weighted by Gasteiger charge is 2.22. The maximum atomic E-state index is 5.69. The number of halogens is 1. The Labute approximate surface area is 149 Å². The lowest BCUT2D eigenvalue weighted by molar-refractivity contribution is 0.288. The fourth-order valence-corrected chi connectivity index (χ4v) is 1.80. The minimum atomic E-state index is 0. The molecule has 1 fully saturated rings. The topological polar surface area (TPSA) is 58.5 Å². The van der Waals surface area contributed by atoms with Crippen LogP contribution in [-0.4, -0.2) is 30.6 Å². The summed E-state index contributed by atoms with van der Waals surface area (Å²) in [5.74, 6) is 2.21. The number of aliphatic imine (C=N–C) groups is 1. The first kappa shape index (κ1) is 18.7. The Hall–Kier alpha value is -1.31. The molecular weight excluding hydrogens is 391 g/mol. The number of nitrogens with zero attached hydrogens (tertiary/aromatic N) is 2. The zero-order valence-corrected chi connectivity index (χ0v) is 15.4. The summed E-state index contributed by atoms with van der Waals surface area (Å²) in [6, 6.07) is 3.92. The van der Waals surface area contributed by atoms with E-state index in [0.717, 1.165) is 30.6 Å². The molecule has 122 valence electrons. The van der Waals surface area contributed by atoms with E-state index in [1.807, 2.05) is 25.1 Å². The van der Waals surface area contributed by atoms with Gasteiger partial charge in [0.05, 0.1) is 13.2 Å². The summed E-state index contributed by atoms with van der Waals surface area (Å²) in [6.45, 7) is 8.63. The quantitative estimate of drug-likeness (QED) is 0.296. The Morgan fingerprint density at radius 1 is 1.50 bits per heavy atom. The van der Waals surface area contributed by atoms with E-state index in [9.17, 15) is 0 Å². The molecule has 1 heterocycles. The van der Waals surface area contributed by atoms with E-state index in [4.69, 9.17) is 4.74 Å². The maximum absolute atomic E-state index is 5.69. The van der Waals surface area contributed by atoms with Crippen molar-refractivity contribution in [3.05, 3.63) is 36.5 Å². The Balaban J connectivity index is 0.00000242. The molecule has 1 aromatic rings. The Kier molecular flexibility index (Phi) is 8.88. The van der Waals surface area contributed by atoms with Gasteiger partial charge in [0.15, 0.2) is 5.96 Å². The molecule has 0 saturated heterocycles. The van der Waals surface area contributed by atoms with Crippen LogP contribution in [0.25, 0.3) is 0 Å². The summed E-state index contributed by atoms with van der Waals surface area (Å²) in [5.41, 5.74) is 1.09. The number of ether oxygens (including phenoxy) is 1. The smallest absolute Gasteiger partial charge is 0.213 e. The molecular formula is C16H25IN4O. The predicted molar refractivity (Wildman–Crippen MR) is 101 cm³/mol. The second kappa shape index (κ2) is 10.4. The van der Waals surface area contributed by atoms with Crippen molar-refractivity contribution in [3.8, 4) is 5.88 Å². The summed E-state index contributed by atoms with van der Waals surface area (Å²) in [6.07, 6.45) is 6.15. The lowest BCUT2D eigenvalue weighted by atomic mass is 10.3. The first-order valence-corrected chi connectivity index (χ1v) is 7.52. The highest BCUT2D eigenvalue weighted by Crippen LogP contribution is 2.29. The monoisotopic (exact) mass is 416 g/mol. The Morgan fingerprint density at radius 2 is 2.32 bits per heavy atom. The van der Waals surface area contributed by atoms with Crippen LogP contribution >= 0.6 is 24.0 Å². The summed E-state index contributed by atoms with van der Waals surface area (Å²) >= 11 is 0. The number of guanidine groups is 1. The van der Waals surface area contributed by atoms with Gasteiger partial charge in [0.1, 0.15) is 0 Å². The van der Waals surface area contributed by atoms with E-state index < -0.39 is 0 Å². The molecule has 0 spiro atoms. The average Bonchev–Trinajstić information content (AvgIpc) is 3.33. The Bertz CT molecular complexity index is 489. The number of hydrogen-bond donors (Lipinski definition) is 2. The molecule has 1 saturated carbocycles. The summed E-state index contributed by atoms with van der Waals surface area (Å²) in [4.78, 5) is 8.77. The molecule has 2 rings (SSSR count). The second-order valence-corrected chi connectivity index (χ2v) is 5.12. The number of nitrogens with one attached hydrogen (secondary N) is 2. The van der Waals surface area contributed by atoms with Gasteiger partial charge in [-0.2, -0.15) is 0 Å². The Morgan fingerprint density at radius 3 is 3.00 bits per heavy atom. The largest absolute Gasteiger partial charge is 0.477 e. The lowest BCUT2D eigenvalue weighted by Crippen LogP contribution is -2.37. The van der Waals surface area contributed by atoms with Crippen LogP contribution in [-0.2, 0) is 6.54 Å². The van der Waals surface area contributed by atoms with Crippen molar-refractivity contribution in [2.24, 2.45) is 10.9 Å². The van der Waals surface area contributed by atoms with Gasteiger partial charge in [-0.05, 0) is 37.3 Å². The molecule has 0 amide bonds. The van der Waals surface area contributed by atoms with Gasteiger partial charge in [-0.3, -0.25) is 0 Å². The van der Waals surface area contributed by atoms with Crippen LogP contribution in [0.15, 0.2) is 36.0 Å². The first-order chi connectivity index (χ1) is 10.3. The van der Waals surface area contributed by atoms with Crippen molar-refractivity contribution >= 4 is 29.9 Å². The molecule has 1 aliphatic carbocycles. The van der Waals surface area contributed by atoms with E-state index >= 15 is 0 Å². The van der Waals surface area contributed by atoms with Gasteiger partial charge < -0.3 is 15.4 Å². The minimum absolute atomic E-state index is 0. The SMILES string of the molecule is C=CCNC(=NCc1ccnc(OCC2CC2)c1)NCC.I. The molecule has 6 heteroatoms. The standard InChI is InChI=1S/C16H24N4O.HI/c1-3-8-19-16(17-4-2)20-11-14-7-9-18-15(10-14)21-12-13-5-6-13;/h3,7,9-10,13H,1,4-6,8,11-12H2,2H3,(H2,17,19,20);1H. The predicted octanol–water partition coefficient (Wildman–Crippen LogP) is 2.73. The van der Waals surface area contributed by atoms with Crippen molar-refractivity contribution in [2.75, 3.05) is 19.7 Å². The van der Waals surface area contributed by atoms with E-state index in [2.05, 4.69) is 27.2 Å². The van der Waals surface area contributed by atoms with Crippen LogP contribution in [0, 0.1) is 5.92 Å². The maximum Gasteiger partial charge on any atom is 0.213 e. The van der Waals surface area contributed by atoms with Crippen molar-refractivity contribution in [1.82, 2.24) is 15.6 Å². The molecule has 2 N–H and O–H groups in total. The van der Waals surface area contributed by atoms with Gasteiger partial charge in [-0.25, -0.2) is 9.98 Å². The van der Waals surface area contributed by atoms with E-state index in [1.54, 1.807) is 6.20 Å². The lowest BCUT2D eigenvalue weighted by Gasteiger charge is -2.09. The molecule has 0 atom stereocenters. The van der Waals surface area contributed by atoms with Gasteiger partial charge in [0.2, 0.25) is 5.88 Å². The molecule has 0 radical (unpaired) electrons. The van der Waals surface area contributed by atoms with Crippen LogP contribution in [0.5, 0.6) is 5.88 Å². The van der Waals surface area contributed by atoms with Crippen molar-refractivity contribution in [2.45, 2.75) is 26.3 Å². The third-order valence-electron chi connectivity index (χ3n) is 3.14. The van der Waals surface area contributed by atoms with Crippen molar-refractivity contribution < 1.29 is 4.74 Å². The minimum Gasteiger partial charge on any atom is -0.477 e. The third-order valence-corrected chi connectivity index (χ3v) is 3.14. The molecule has 0 bridgehead atoms. The highest BCUT2D eigenvalue weighted by atomic mass is 127. The van der Waals surface area contributed by atoms with Crippen LogP contribution in [0.4, 0.5) is 0 Å². The first-order valence-electron chi connectivity index (χ1n) is 7.52. The van der Waals surface area contributed by atoms with Gasteiger partial charge >= 0.3 is 0 Å². The summed E-state index contributed by atoms with van der Waals surface area (Å²) in [5, 5.41) is 6.37. The summed E-state index contributed by atoms with van der Waals surface area (Å²) < 4.78 is 5.69. The van der Waals surface area contributed by atoms with Crippen LogP contribution in [0.1, 0.15) is 25.3 Å². The molecule has 5 nitrogen and oxygen atoms in total. The third kappa shape index (κ3) is 7.11. The molecule has 0 aliphatic heterocycles. The second-order valence-electron chi connectivity index (χ2n) is 5.12. The van der Waals surface area contributed by atoms with E-state index in [1.165, 1.54) is 12.8 Å². The number of aromatic nitrogens is 1. The van der Waals surface area contributed by atoms with Gasteiger partial charge in [0.25, 0.3) is 0 Å². The fraction of sp³-hybridized carbons (Fsp3) is 0.500. The van der Waals surface area contributed by atoms with Crippen LogP contribution < -0.4 is 15.4 Å². The van der Waals surface area contributed by atoms with Crippen molar-refractivity contribution in [1.29, 1.82) is 0 Å². The van der Waals surface area contributed by atoms with E-state index in [-0.39, 0.29) is 24.0 Å². The molecule has 22 heavy (non-hydrogen) atoms. The molecule has 1 aromatic heterocycles. The fourth-order valence-electron chi connectivity index (χ4n) is 1.80. The zero-order chi connectivity index (χ0) is 14.9. The zero-order valence-electron chi connectivity index (χ0n) is 13.0. The number of pyridine rings is 1. The van der Waals surface area contributed by atoms with Gasteiger partial charge in [-0.1, -0.05) is 6.08 Å². The average molecular weight is 416 g/mol. The molecule has 0 aromatic carbocycles. The number of rotatable bonds is 8. The highest BCUT2D eigenvalue weighted by molar-refractivity contribution is 14.0. The summed E-state index contributed by atoms with van der Waals surface area (Å²) in [7, 11) is 0. The van der Waals surface area contributed by atoms with E-state index in [0.29, 0.717) is 19.0 Å². The normalized spacial score (nSPS) is 14.0. The molecule has 0 unspecified atom stereocenters. The van der Waals surface area contributed by atoms with Gasteiger partial charge in [0, 0.05) is 25.4 Å². The van der Waals surface area contributed by atoms with Gasteiger partial charge in [-0.15, -0.1) is 30.6 Å². The number of hydrogen-bond acceptors (Lipinski definition) is 3. The van der Waals surface area contributed by atoms with Crippen LogP contribution in [0.2, 0.25) is 0 Å². The molecule has 1 aliphatic rings. The van der Waals surface area contributed by atoms with Crippen LogP contribution in [0.3, 0.4) is 0 Å². The van der Waals surface area contributed by atoms with Crippen molar-refractivity contribution in [3.63, 3.8) is 0 Å².